The normalized spacial score (nSPS) is 34.0. The molecule has 1 unspecified atom stereocenters. The van der Waals surface area contributed by atoms with Crippen molar-refractivity contribution in [1.29, 1.82) is 0 Å². The fraction of sp³-hybridized carbons (Fsp3) is 0.538. The average molecular weight is 203 g/mol. The molecule has 1 aromatic carbocycles. The maximum Gasteiger partial charge on any atom is 0.0599 e. The van der Waals surface area contributed by atoms with Crippen molar-refractivity contribution in [1.82, 2.24) is 0 Å². The van der Waals surface area contributed by atoms with Crippen LogP contribution in [-0.2, 0) is 4.74 Å². The SMILES string of the molecule is c1ccc(NC2C[C@H]3CC[C@@H](C2)O3)cc1. The number of benzene rings is 1. The van der Waals surface area contributed by atoms with Crippen molar-refractivity contribution in [3.8, 4) is 0 Å². The molecule has 1 N–H and O–H groups in total. The van der Waals surface area contributed by atoms with Gasteiger partial charge in [0.25, 0.3) is 0 Å². The maximum atomic E-state index is 5.83. The Balaban J connectivity index is 1.65. The zero-order valence-electron chi connectivity index (χ0n) is 8.86. The minimum absolute atomic E-state index is 0.518. The summed E-state index contributed by atoms with van der Waals surface area (Å²) >= 11 is 0. The van der Waals surface area contributed by atoms with Crippen LogP contribution in [0.5, 0.6) is 0 Å². The number of hydrogen-bond acceptors (Lipinski definition) is 2. The molecule has 1 aromatic rings. The molecule has 3 rings (SSSR count). The Morgan fingerprint density at radius 2 is 1.67 bits per heavy atom. The lowest BCUT2D eigenvalue weighted by molar-refractivity contribution is 0.000706. The van der Waals surface area contributed by atoms with E-state index in [0.717, 1.165) is 0 Å². The molecule has 2 bridgehead atoms. The van der Waals surface area contributed by atoms with E-state index in [2.05, 4.69) is 35.6 Å². The molecule has 0 aromatic heterocycles. The largest absolute Gasteiger partial charge is 0.382 e. The van der Waals surface area contributed by atoms with Gasteiger partial charge in [-0.2, -0.15) is 0 Å². The average Bonchev–Trinajstić information content (AvgIpc) is 2.60. The lowest BCUT2D eigenvalue weighted by Gasteiger charge is -2.29. The zero-order chi connectivity index (χ0) is 10.1. The summed E-state index contributed by atoms with van der Waals surface area (Å²) in [5, 5.41) is 3.60. The third-order valence-electron chi connectivity index (χ3n) is 3.43. The minimum Gasteiger partial charge on any atom is -0.382 e. The number of rotatable bonds is 2. The van der Waals surface area contributed by atoms with Gasteiger partial charge in [-0.1, -0.05) is 18.2 Å². The molecule has 2 aliphatic rings. The van der Waals surface area contributed by atoms with Crippen LogP contribution in [0.4, 0.5) is 5.69 Å². The van der Waals surface area contributed by atoms with Crippen molar-refractivity contribution in [2.45, 2.75) is 43.9 Å². The first kappa shape index (κ1) is 9.22. The molecule has 0 amide bonds. The van der Waals surface area contributed by atoms with E-state index in [1.165, 1.54) is 31.4 Å². The van der Waals surface area contributed by atoms with Crippen molar-refractivity contribution in [2.24, 2.45) is 0 Å². The van der Waals surface area contributed by atoms with Gasteiger partial charge in [0.05, 0.1) is 12.2 Å². The number of nitrogens with one attached hydrogen (secondary N) is 1. The highest BCUT2D eigenvalue weighted by Gasteiger charge is 2.34. The first-order valence-electron chi connectivity index (χ1n) is 5.87. The van der Waals surface area contributed by atoms with Crippen LogP contribution < -0.4 is 5.32 Å². The van der Waals surface area contributed by atoms with Gasteiger partial charge in [-0.3, -0.25) is 0 Å². The third kappa shape index (κ3) is 2.00. The van der Waals surface area contributed by atoms with E-state index in [1.807, 2.05) is 0 Å². The van der Waals surface area contributed by atoms with Gasteiger partial charge in [-0.25, -0.2) is 0 Å². The van der Waals surface area contributed by atoms with Crippen molar-refractivity contribution >= 4 is 5.69 Å². The molecule has 2 heterocycles. The summed E-state index contributed by atoms with van der Waals surface area (Å²) < 4.78 is 5.83. The van der Waals surface area contributed by atoms with Crippen LogP contribution in [0.15, 0.2) is 30.3 Å². The highest BCUT2D eigenvalue weighted by molar-refractivity contribution is 5.43. The van der Waals surface area contributed by atoms with Crippen molar-refractivity contribution in [3.05, 3.63) is 30.3 Å². The maximum absolute atomic E-state index is 5.83. The summed E-state index contributed by atoms with van der Waals surface area (Å²) in [4.78, 5) is 0. The fourth-order valence-electron chi connectivity index (χ4n) is 2.75. The second kappa shape index (κ2) is 3.86. The summed E-state index contributed by atoms with van der Waals surface area (Å²) in [7, 11) is 0. The smallest absolute Gasteiger partial charge is 0.0599 e. The summed E-state index contributed by atoms with van der Waals surface area (Å²) in [6.45, 7) is 0. The molecular weight excluding hydrogens is 186 g/mol. The predicted octanol–water partition coefficient (Wildman–Crippen LogP) is 2.81. The Morgan fingerprint density at radius 1 is 1.00 bits per heavy atom. The number of para-hydroxylation sites is 1. The van der Waals surface area contributed by atoms with Crippen LogP contribution >= 0.6 is 0 Å². The lowest BCUT2D eigenvalue weighted by Crippen LogP contribution is -2.33. The number of ether oxygens (including phenoxy) is 1. The molecule has 0 radical (unpaired) electrons. The first-order valence-corrected chi connectivity index (χ1v) is 5.87. The van der Waals surface area contributed by atoms with Gasteiger partial charge in [0.2, 0.25) is 0 Å². The van der Waals surface area contributed by atoms with Crippen LogP contribution in [-0.4, -0.2) is 18.2 Å². The van der Waals surface area contributed by atoms with Crippen LogP contribution in [0.2, 0.25) is 0 Å². The number of fused-ring (bicyclic) bond motifs is 2. The van der Waals surface area contributed by atoms with E-state index >= 15 is 0 Å². The second-order valence-electron chi connectivity index (χ2n) is 4.64. The summed E-state index contributed by atoms with van der Waals surface area (Å²) in [6, 6.07) is 11.1. The predicted molar refractivity (Wildman–Crippen MR) is 61.0 cm³/mol. The third-order valence-corrected chi connectivity index (χ3v) is 3.43. The van der Waals surface area contributed by atoms with Gasteiger partial charge in [-0.05, 0) is 37.8 Å². The molecule has 2 nitrogen and oxygen atoms in total. The van der Waals surface area contributed by atoms with Crippen molar-refractivity contribution in [3.63, 3.8) is 0 Å². The van der Waals surface area contributed by atoms with Gasteiger partial charge in [0.15, 0.2) is 0 Å². The molecule has 2 fully saturated rings. The molecule has 3 atom stereocenters. The van der Waals surface area contributed by atoms with Crippen molar-refractivity contribution < 1.29 is 4.74 Å². The molecule has 2 aliphatic heterocycles. The highest BCUT2D eigenvalue weighted by Crippen LogP contribution is 2.33. The van der Waals surface area contributed by atoms with Crippen molar-refractivity contribution in [2.75, 3.05) is 5.32 Å². The summed E-state index contributed by atoms with van der Waals surface area (Å²) in [5.41, 5.74) is 1.24. The Kier molecular flexibility index (Phi) is 2.37. The van der Waals surface area contributed by atoms with Gasteiger partial charge in [-0.15, -0.1) is 0 Å². The quantitative estimate of drug-likeness (QED) is 0.798. The molecule has 0 aliphatic carbocycles. The lowest BCUT2D eigenvalue weighted by atomic mass is 10.0. The Labute approximate surface area is 90.6 Å². The highest BCUT2D eigenvalue weighted by atomic mass is 16.5. The Bertz CT molecular complexity index is 313. The van der Waals surface area contributed by atoms with E-state index in [9.17, 15) is 0 Å². The van der Waals surface area contributed by atoms with E-state index < -0.39 is 0 Å². The topological polar surface area (TPSA) is 21.3 Å². The molecule has 0 saturated carbocycles. The first-order chi connectivity index (χ1) is 7.40. The summed E-state index contributed by atoms with van der Waals surface area (Å²) in [6.07, 6.45) is 5.90. The van der Waals surface area contributed by atoms with E-state index in [0.29, 0.717) is 18.2 Å². The summed E-state index contributed by atoms with van der Waals surface area (Å²) in [5.74, 6) is 0. The monoisotopic (exact) mass is 203 g/mol. The second-order valence-corrected chi connectivity index (χ2v) is 4.64. The van der Waals surface area contributed by atoms with E-state index in [4.69, 9.17) is 4.74 Å². The Hall–Kier alpha value is -1.02. The molecule has 80 valence electrons. The molecule has 0 spiro atoms. The standard InChI is InChI=1S/C13H17NO/c1-2-4-10(5-3-1)14-11-8-12-6-7-13(9-11)15-12/h1-5,11-14H,6-9H2/t11?,12-,13+. The Morgan fingerprint density at radius 3 is 2.33 bits per heavy atom. The van der Waals surface area contributed by atoms with Crippen LogP contribution in [0.3, 0.4) is 0 Å². The van der Waals surface area contributed by atoms with Crippen LogP contribution in [0, 0.1) is 0 Å². The van der Waals surface area contributed by atoms with E-state index in [-0.39, 0.29) is 0 Å². The van der Waals surface area contributed by atoms with Crippen LogP contribution in [0.1, 0.15) is 25.7 Å². The van der Waals surface area contributed by atoms with Gasteiger partial charge >= 0.3 is 0 Å². The molecular formula is C13H17NO. The zero-order valence-corrected chi connectivity index (χ0v) is 8.86. The molecule has 2 saturated heterocycles. The van der Waals surface area contributed by atoms with E-state index in [1.54, 1.807) is 0 Å². The fourth-order valence-corrected chi connectivity index (χ4v) is 2.75. The number of anilines is 1. The van der Waals surface area contributed by atoms with Gasteiger partial charge < -0.3 is 10.1 Å². The van der Waals surface area contributed by atoms with Gasteiger partial charge in [0.1, 0.15) is 0 Å². The van der Waals surface area contributed by atoms with Gasteiger partial charge in [0, 0.05) is 11.7 Å². The molecule has 2 heteroatoms. The van der Waals surface area contributed by atoms with Crippen LogP contribution in [0.25, 0.3) is 0 Å². The minimum atomic E-state index is 0.518. The number of hydrogen-bond donors (Lipinski definition) is 1. The molecule has 15 heavy (non-hydrogen) atoms.